The van der Waals surface area contributed by atoms with Crippen molar-refractivity contribution in [2.24, 2.45) is 4.99 Å². The molecule has 1 saturated heterocycles. The highest BCUT2D eigenvalue weighted by Gasteiger charge is 2.23. The molecule has 0 saturated carbocycles. The Morgan fingerprint density at radius 1 is 0.935 bits per heavy atom. The van der Waals surface area contributed by atoms with Crippen LogP contribution in [0.25, 0.3) is 22.0 Å². The SMILES string of the molecule is c1cncc(-c2cncc3[nH]c(C4=NCCc5cnc(C6CCNCC6)cc54)cc23)c1. The van der Waals surface area contributed by atoms with Crippen LogP contribution in [-0.4, -0.2) is 45.3 Å². The van der Waals surface area contributed by atoms with Gasteiger partial charge in [0.25, 0.3) is 0 Å². The third-order valence-electron chi connectivity index (χ3n) is 6.44. The molecule has 0 amide bonds. The number of nitrogens with one attached hydrogen (secondary N) is 2. The Morgan fingerprint density at radius 3 is 2.74 bits per heavy atom. The minimum atomic E-state index is 0.527. The van der Waals surface area contributed by atoms with Crippen LogP contribution < -0.4 is 5.32 Å². The zero-order valence-electron chi connectivity index (χ0n) is 17.3. The van der Waals surface area contributed by atoms with Gasteiger partial charge in [-0.1, -0.05) is 6.07 Å². The molecule has 0 bridgehead atoms. The summed E-state index contributed by atoms with van der Waals surface area (Å²) in [6, 6.07) is 8.52. The van der Waals surface area contributed by atoms with Gasteiger partial charge in [0, 0.05) is 65.0 Å². The number of H-pyrrole nitrogens is 1. The summed E-state index contributed by atoms with van der Waals surface area (Å²) in [5.41, 5.74) is 8.93. The zero-order chi connectivity index (χ0) is 20.6. The van der Waals surface area contributed by atoms with Gasteiger partial charge in [0.15, 0.2) is 0 Å². The van der Waals surface area contributed by atoms with Crippen molar-refractivity contribution in [1.82, 2.24) is 25.3 Å². The van der Waals surface area contributed by atoms with Crippen LogP contribution >= 0.6 is 0 Å². The molecule has 6 rings (SSSR count). The number of fused-ring (bicyclic) bond motifs is 2. The number of hydrogen-bond acceptors (Lipinski definition) is 5. The molecule has 0 spiro atoms. The molecular weight excluding hydrogens is 384 g/mol. The average Bonchev–Trinajstić information content (AvgIpc) is 3.29. The molecule has 6 heteroatoms. The van der Waals surface area contributed by atoms with Crippen LogP contribution in [0, 0.1) is 0 Å². The van der Waals surface area contributed by atoms with Gasteiger partial charge < -0.3 is 10.3 Å². The maximum atomic E-state index is 4.94. The highest BCUT2D eigenvalue weighted by Crippen LogP contribution is 2.31. The molecule has 6 heterocycles. The van der Waals surface area contributed by atoms with Gasteiger partial charge >= 0.3 is 0 Å². The number of hydrogen-bond donors (Lipinski definition) is 2. The molecule has 4 aromatic rings. The van der Waals surface area contributed by atoms with E-state index in [0.29, 0.717) is 5.92 Å². The van der Waals surface area contributed by atoms with Crippen molar-refractivity contribution in [3.05, 3.63) is 77.8 Å². The monoisotopic (exact) mass is 408 g/mol. The lowest BCUT2D eigenvalue weighted by Crippen LogP contribution is -2.27. The molecule has 4 aromatic heterocycles. The van der Waals surface area contributed by atoms with E-state index < -0.39 is 0 Å². The van der Waals surface area contributed by atoms with Gasteiger partial charge in [0.2, 0.25) is 0 Å². The van der Waals surface area contributed by atoms with Crippen molar-refractivity contribution in [3.8, 4) is 11.1 Å². The molecule has 1 fully saturated rings. The first-order chi connectivity index (χ1) is 15.4. The van der Waals surface area contributed by atoms with E-state index in [2.05, 4.69) is 44.7 Å². The molecule has 154 valence electrons. The summed E-state index contributed by atoms with van der Waals surface area (Å²) in [6.45, 7) is 2.92. The van der Waals surface area contributed by atoms with Crippen LogP contribution in [0.3, 0.4) is 0 Å². The van der Waals surface area contributed by atoms with E-state index in [4.69, 9.17) is 9.98 Å². The molecule has 2 aliphatic heterocycles. The lowest BCUT2D eigenvalue weighted by Gasteiger charge is -2.24. The van der Waals surface area contributed by atoms with E-state index in [1.165, 1.54) is 16.8 Å². The lowest BCUT2D eigenvalue weighted by atomic mass is 9.90. The van der Waals surface area contributed by atoms with Gasteiger partial charge in [-0.15, -0.1) is 0 Å². The second-order valence-electron chi connectivity index (χ2n) is 8.34. The standard InChI is InChI=1S/C25H24N6/c1-2-17(12-27-6-1)21-14-28-15-24-20(21)11-23(31-24)25-19-10-22(16-3-7-26-8-4-16)30-13-18(19)5-9-29-25/h1-2,6,10-16,26,31H,3-5,7-9H2. The summed E-state index contributed by atoms with van der Waals surface area (Å²) in [4.78, 5) is 22.1. The van der Waals surface area contributed by atoms with Crippen molar-refractivity contribution >= 4 is 16.6 Å². The van der Waals surface area contributed by atoms with E-state index in [1.807, 2.05) is 24.7 Å². The fourth-order valence-electron chi connectivity index (χ4n) is 4.79. The Labute approximate surface area is 180 Å². The summed E-state index contributed by atoms with van der Waals surface area (Å²) in [5.74, 6) is 0.527. The van der Waals surface area contributed by atoms with Gasteiger partial charge in [-0.05, 0) is 56.1 Å². The molecule has 0 radical (unpaired) electrons. The van der Waals surface area contributed by atoms with Crippen molar-refractivity contribution in [2.75, 3.05) is 19.6 Å². The van der Waals surface area contributed by atoms with Crippen LogP contribution in [0.2, 0.25) is 0 Å². The average molecular weight is 409 g/mol. The Kier molecular flexibility index (Phi) is 4.57. The van der Waals surface area contributed by atoms with Gasteiger partial charge in [-0.2, -0.15) is 0 Å². The number of pyridine rings is 3. The Hall–Kier alpha value is -3.38. The molecule has 0 aliphatic carbocycles. The minimum Gasteiger partial charge on any atom is -0.352 e. The molecule has 6 nitrogen and oxygen atoms in total. The zero-order valence-corrected chi connectivity index (χ0v) is 17.3. The molecule has 0 aromatic carbocycles. The van der Waals surface area contributed by atoms with E-state index in [9.17, 15) is 0 Å². The Balaban J connectivity index is 1.43. The van der Waals surface area contributed by atoms with Crippen molar-refractivity contribution < 1.29 is 0 Å². The molecule has 31 heavy (non-hydrogen) atoms. The van der Waals surface area contributed by atoms with Crippen LogP contribution in [0.1, 0.15) is 41.3 Å². The second-order valence-corrected chi connectivity index (χ2v) is 8.34. The van der Waals surface area contributed by atoms with Crippen LogP contribution in [0.15, 0.2) is 60.2 Å². The first-order valence-corrected chi connectivity index (χ1v) is 11.0. The normalized spacial score (nSPS) is 16.8. The van der Waals surface area contributed by atoms with Gasteiger partial charge in [0.05, 0.1) is 23.1 Å². The van der Waals surface area contributed by atoms with Crippen LogP contribution in [-0.2, 0) is 6.42 Å². The number of aliphatic imine (C=N–C) groups is 1. The summed E-state index contributed by atoms with van der Waals surface area (Å²) in [7, 11) is 0. The second kappa shape index (κ2) is 7.71. The highest BCUT2D eigenvalue weighted by atomic mass is 14.9. The largest absolute Gasteiger partial charge is 0.352 e. The number of nitrogens with zero attached hydrogens (tertiary/aromatic N) is 4. The summed E-state index contributed by atoms with van der Waals surface area (Å²) < 4.78 is 0. The number of aromatic amines is 1. The molecule has 0 atom stereocenters. The minimum absolute atomic E-state index is 0.527. The predicted molar refractivity (Wildman–Crippen MR) is 123 cm³/mol. The van der Waals surface area contributed by atoms with Crippen molar-refractivity contribution in [3.63, 3.8) is 0 Å². The van der Waals surface area contributed by atoms with Crippen molar-refractivity contribution in [1.29, 1.82) is 0 Å². The molecule has 0 unspecified atom stereocenters. The Bertz CT molecular complexity index is 1270. The fourth-order valence-corrected chi connectivity index (χ4v) is 4.79. The van der Waals surface area contributed by atoms with Gasteiger partial charge in [-0.3, -0.25) is 19.9 Å². The molecular formula is C25H24N6. The molecule has 2 aliphatic rings. The van der Waals surface area contributed by atoms with E-state index >= 15 is 0 Å². The van der Waals surface area contributed by atoms with E-state index in [-0.39, 0.29) is 0 Å². The first-order valence-electron chi connectivity index (χ1n) is 11.0. The maximum absolute atomic E-state index is 4.94. The smallest absolute Gasteiger partial charge is 0.0885 e. The van der Waals surface area contributed by atoms with Crippen molar-refractivity contribution in [2.45, 2.75) is 25.2 Å². The topological polar surface area (TPSA) is 78.8 Å². The lowest BCUT2D eigenvalue weighted by molar-refractivity contribution is 0.453. The quantitative estimate of drug-likeness (QED) is 0.539. The third kappa shape index (κ3) is 3.33. The maximum Gasteiger partial charge on any atom is 0.0885 e. The number of aromatic nitrogens is 4. The van der Waals surface area contributed by atoms with Crippen LogP contribution in [0.5, 0.6) is 0 Å². The predicted octanol–water partition coefficient (Wildman–Crippen LogP) is 3.88. The number of piperidine rings is 1. The Morgan fingerprint density at radius 2 is 1.87 bits per heavy atom. The van der Waals surface area contributed by atoms with E-state index in [0.717, 1.165) is 72.3 Å². The number of rotatable bonds is 3. The molecule has 2 N–H and O–H groups in total. The summed E-state index contributed by atoms with van der Waals surface area (Å²) in [5, 5.41) is 4.59. The van der Waals surface area contributed by atoms with Gasteiger partial charge in [-0.25, -0.2) is 0 Å². The fraction of sp³-hybridized carbons (Fsp3) is 0.280. The first kappa shape index (κ1) is 18.4. The van der Waals surface area contributed by atoms with Crippen LogP contribution in [0.4, 0.5) is 0 Å². The summed E-state index contributed by atoms with van der Waals surface area (Å²) >= 11 is 0. The third-order valence-corrected chi connectivity index (χ3v) is 6.44. The highest BCUT2D eigenvalue weighted by molar-refractivity contribution is 6.15. The van der Waals surface area contributed by atoms with E-state index in [1.54, 1.807) is 6.20 Å². The summed E-state index contributed by atoms with van der Waals surface area (Å²) in [6.07, 6.45) is 12.8. The van der Waals surface area contributed by atoms with Gasteiger partial charge in [0.1, 0.15) is 0 Å².